The summed E-state index contributed by atoms with van der Waals surface area (Å²) in [6.45, 7) is 3.40. The number of rotatable bonds is 2. The normalized spacial score (nSPS) is 17.8. The minimum atomic E-state index is -0.536. The van der Waals surface area contributed by atoms with Gasteiger partial charge in [0.15, 0.2) is 0 Å². The largest absolute Gasteiger partial charge is 0.389 e. The lowest BCUT2D eigenvalue weighted by atomic mass is 10.1. The van der Waals surface area contributed by atoms with Crippen LogP contribution in [0.4, 0.5) is 5.69 Å². The van der Waals surface area contributed by atoms with Crippen molar-refractivity contribution in [3.8, 4) is 0 Å². The van der Waals surface area contributed by atoms with Gasteiger partial charge in [-0.25, -0.2) is 0 Å². The van der Waals surface area contributed by atoms with Crippen molar-refractivity contribution in [1.82, 2.24) is 5.32 Å². The first-order valence-corrected chi connectivity index (χ1v) is 5.95. The molecule has 1 aliphatic heterocycles. The van der Waals surface area contributed by atoms with Gasteiger partial charge in [0.05, 0.1) is 23.4 Å². The molecule has 0 aromatic heterocycles. The first-order chi connectivity index (χ1) is 8.08. The molecule has 1 amide bonds. The summed E-state index contributed by atoms with van der Waals surface area (Å²) in [5.41, 5.74) is 1.62. The average molecular weight is 255 g/mol. The zero-order valence-corrected chi connectivity index (χ0v) is 10.4. The van der Waals surface area contributed by atoms with Crippen LogP contribution >= 0.6 is 11.6 Å². The van der Waals surface area contributed by atoms with Gasteiger partial charge in [-0.1, -0.05) is 17.7 Å². The summed E-state index contributed by atoms with van der Waals surface area (Å²) in [7, 11) is 0. The van der Waals surface area contributed by atoms with Crippen LogP contribution in [-0.2, 0) is 4.79 Å². The Labute approximate surface area is 105 Å². The average Bonchev–Trinajstić information content (AvgIpc) is 2.28. The maximum atomic E-state index is 11.3. The molecule has 0 aliphatic carbocycles. The second kappa shape index (κ2) is 4.94. The number of carbonyl (C=O) groups is 1. The third-order valence-electron chi connectivity index (χ3n) is 2.83. The standard InChI is InChI=1S/C12H15ClN2O2/c1-8(16)9-2-3-11(10(13)6-9)15-5-4-14-12(17)7-15/h2-3,6,8,16H,4-5,7H2,1H3,(H,14,17)/t8-/m1/s1. The van der Waals surface area contributed by atoms with E-state index in [1.807, 2.05) is 17.0 Å². The summed E-state index contributed by atoms with van der Waals surface area (Å²) in [6, 6.07) is 5.43. The molecule has 0 bridgehead atoms. The van der Waals surface area contributed by atoms with Crippen LogP contribution in [0.15, 0.2) is 18.2 Å². The third kappa shape index (κ3) is 2.70. The molecule has 0 radical (unpaired) electrons. The number of amides is 1. The number of nitrogens with zero attached hydrogens (tertiary/aromatic N) is 1. The monoisotopic (exact) mass is 254 g/mol. The van der Waals surface area contributed by atoms with Gasteiger partial charge in [-0.3, -0.25) is 4.79 Å². The van der Waals surface area contributed by atoms with E-state index in [4.69, 9.17) is 11.6 Å². The fourth-order valence-electron chi connectivity index (χ4n) is 1.88. The Hall–Kier alpha value is -1.26. The van der Waals surface area contributed by atoms with E-state index in [1.165, 1.54) is 0 Å². The van der Waals surface area contributed by atoms with Crippen LogP contribution in [0.1, 0.15) is 18.6 Å². The van der Waals surface area contributed by atoms with Gasteiger partial charge in [0.2, 0.25) is 5.91 Å². The summed E-state index contributed by atoms with van der Waals surface area (Å²) in [5.74, 6) is 0.00641. The van der Waals surface area contributed by atoms with E-state index in [9.17, 15) is 9.90 Å². The Balaban J connectivity index is 2.23. The highest BCUT2D eigenvalue weighted by Gasteiger charge is 2.18. The number of hydrogen-bond donors (Lipinski definition) is 2. The molecule has 2 N–H and O–H groups in total. The maximum Gasteiger partial charge on any atom is 0.239 e. The van der Waals surface area contributed by atoms with Gasteiger partial charge in [0.25, 0.3) is 0 Å². The molecule has 2 rings (SSSR count). The summed E-state index contributed by atoms with van der Waals surface area (Å²) in [5, 5.41) is 12.8. The Kier molecular flexibility index (Phi) is 3.54. The van der Waals surface area contributed by atoms with E-state index >= 15 is 0 Å². The predicted octanol–water partition coefficient (Wildman–Crippen LogP) is 1.33. The molecule has 1 heterocycles. The minimum Gasteiger partial charge on any atom is -0.389 e. The molecule has 0 unspecified atom stereocenters. The fourth-order valence-corrected chi connectivity index (χ4v) is 2.19. The molecule has 1 fully saturated rings. The van der Waals surface area contributed by atoms with Gasteiger partial charge < -0.3 is 15.3 Å². The van der Waals surface area contributed by atoms with Crippen molar-refractivity contribution >= 4 is 23.2 Å². The Morgan fingerprint density at radius 2 is 2.29 bits per heavy atom. The summed E-state index contributed by atoms with van der Waals surface area (Å²) in [4.78, 5) is 13.2. The number of benzene rings is 1. The molecule has 17 heavy (non-hydrogen) atoms. The number of piperazine rings is 1. The Morgan fingerprint density at radius 1 is 1.53 bits per heavy atom. The molecule has 0 saturated carbocycles. The van der Waals surface area contributed by atoms with Gasteiger partial charge >= 0.3 is 0 Å². The summed E-state index contributed by atoms with van der Waals surface area (Å²) in [6.07, 6.45) is -0.536. The van der Waals surface area contributed by atoms with Crippen molar-refractivity contribution < 1.29 is 9.90 Å². The molecule has 1 aliphatic rings. The molecule has 5 heteroatoms. The second-order valence-corrected chi connectivity index (χ2v) is 4.57. The van der Waals surface area contributed by atoms with E-state index in [0.29, 0.717) is 18.1 Å². The number of carbonyl (C=O) groups excluding carboxylic acids is 1. The highest BCUT2D eigenvalue weighted by molar-refractivity contribution is 6.33. The van der Waals surface area contributed by atoms with Crippen LogP contribution in [0.5, 0.6) is 0 Å². The predicted molar refractivity (Wildman–Crippen MR) is 67.3 cm³/mol. The molecular formula is C12H15ClN2O2. The number of aliphatic hydroxyl groups is 1. The Bertz CT molecular complexity index is 435. The second-order valence-electron chi connectivity index (χ2n) is 4.16. The van der Waals surface area contributed by atoms with Crippen LogP contribution in [0.2, 0.25) is 5.02 Å². The number of halogens is 1. The van der Waals surface area contributed by atoms with Crippen molar-refractivity contribution in [1.29, 1.82) is 0 Å². The highest BCUT2D eigenvalue weighted by Crippen LogP contribution is 2.29. The lowest BCUT2D eigenvalue weighted by Gasteiger charge is -2.29. The van der Waals surface area contributed by atoms with Gasteiger partial charge in [0.1, 0.15) is 0 Å². The SMILES string of the molecule is C[C@@H](O)c1ccc(N2CCNC(=O)C2)c(Cl)c1. The van der Waals surface area contributed by atoms with Crippen LogP contribution in [0.3, 0.4) is 0 Å². The van der Waals surface area contributed by atoms with Crippen molar-refractivity contribution in [3.63, 3.8) is 0 Å². The zero-order chi connectivity index (χ0) is 12.4. The van der Waals surface area contributed by atoms with Crippen molar-refractivity contribution in [3.05, 3.63) is 28.8 Å². The van der Waals surface area contributed by atoms with E-state index in [0.717, 1.165) is 17.8 Å². The van der Waals surface area contributed by atoms with E-state index in [2.05, 4.69) is 5.32 Å². The summed E-state index contributed by atoms with van der Waals surface area (Å²) < 4.78 is 0. The molecule has 0 spiro atoms. The minimum absolute atomic E-state index is 0.00641. The van der Waals surface area contributed by atoms with Crippen LogP contribution in [0, 0.1) is 0 Å². The van der Waals surface area contributed by atoms with E-state index in [-0.39, 0.29) is 5.91 Å². The fraction of sp³-hybridized carbons (Fsp3) is 0.417. The van der Waals surface area contributed by atoms with Gasteiger partial charge in [-0.15, -0.1) is 0 Å². The first-order valence-electron chi connectivity index (χ1n) is 5.57. The quantitative estimate of drug-likeness (QED) is 0.837. The van der Waals surface area contributed by atoms with Crippen LogP contribution in [0.25, 0.3) is 0 Å². The number of nitrogens with one attached hydrogen (secondary N) is 1. The smallest absolute Gasteiger partial charge is 0.239 e. The van der Waals surface area contributed by atoms with E-state index < -0.39 is 6.10 Å². The van der Waals surface area contributed by atoms with Crippen molar-refractivity contribution in [2.24, 2.45) is 0 Å². The van der Waals surface area contributed by atoms with Crippen molar-refractivity contribution in [2.45, 2.75) is 13.0 Å². The molecule has 1 atom stereocenters. The molecule has 1 aromatic carbocycles. The summed E-state index contributed by atoms with van der Waals surface area (Å²) >= 11 is 6.17. The molecule has 1 aromatic rings. The van der Waals surface area contributed by atoms with Gasteiger partial charge in [-0.2, -0.15) is 0 Å². The number of hydrogen-bond acceptors (Lipinski definition) is 3. The lowest BCUT2D eigenvalue weighted by molar-refractivity contribution is -0.120. The van der Waals surface area contributed by atoms with Crippen LogP contribution < -0.4 is 10.2 Å². The van der Waals surface area contributed by atoms with Crippen molar-refractivity contribution in [2.75, 3.05) is 24.5 Å². The molecule has 1 saturated heterocycles. The number of anilines is 1. The molecule has 92 valence electrons. The zero-order valence-electron chi connectivity index (χ0n) is 9.61. The topological polar surface area (TPSA) is 52.6 Å². The molecular weight excluding hydrogens is 240 g/mol. The number of aliphatic hydroxyl groups excluding tert-OH is 1. The van der Waals surface area contributed by atoms with E-state index in [1.54, 1.807) is 13.0 Å². The third-order valence-corrected chi connectivity index (χ3v) is 3.14. The molecule has 4 nitrogen and oxygen atoms in total. The lowest BCUT2D eigenvalue weighted by Crippen LogP contribution is -2.47. The Morgan fingerprint density at radius 3 is 2.88 bits per heavy atom. The van der Waals surface area contributed by atoms with Crippen LogP contribution in [-0.4, -0.2) is 30.6 Å². The maximum absolute atomic E-state index is 11.3. The van der Waals surface area contributed by atoms with Gasteiger partial charge in [0, 0.05) is 13.1 Å². The van der Waals surface area contributed by atoms with Gasteiger partial charge in [-0.05, 0) is 24.6 Å². The first kappa shape index (κ1) is 12.2. The highest BCUT2D eigenvalue weighted by atomic mass is 35.5.